The number of hydrogen-bond acceptors (Lipinski definition) is 4. The van der Waals surface area contributed by atoms with Gasteiger partial charge in [-0.1, -0.05) is 12.8 Å². The summed E-state index contributed by atoms with van der Waals surface area (Å²) in [6.07, 6.45) is 6.18. The van der Waals surface area contributed by atoms with Gasteiger partial charge in [-0.25, -0.2) is 9.59 Å². The van der Waals surface area contributed by atoms with Crippen molar-refractivity contribution in [3.8, 4) is 0 Å². The summed E-state index contributed by atoms with van der Waals surface area (Å²) in [6.45, 7) is 0.507. The van der Waals surface area contributed by atoms with Gasteiger partial charge in [0.15, 0.2) is 0 Å². The molecule has 0 saturated heterocycles. The van der Waals surface area contributed by atoms with Gasteiger partial charge < -0.3 is 21.5 Å². The number of amides is 3. The van der Waals surface area contributed by atoms with Gasteiger partial charge in [-0.15, -0.1) is 0 Å². The topological polar surface area (TPSA) is 122 Å². The van der Waals surface area contributed by atoms with Gasteiger partial charge in [-0.05, 0) is 31.3 Å². The summed E-state index contributed by atoms with van der Waals surface area (Å²) in [5.41, 5.74) is 4.96. The smallest absolute Gasteiger partial charge is 0.326 e. The fourth-order valence-electron chi connectivity index (χ4n) is 1.68. The molecule has 0 aromatic heterocycles. The van der Waals surface area contributed by atoms with Gasteiger partial charge in [0.05, 0.1) is 0 Å². The number of aliphatic carboxylic acids is 1. The van der Waals surface area contributed by atoms with Gasteiger partial charge in [0, 0.05) is 13.0 Å². The Morgan fingerprint density at radius 3 is 2.43 bits per heavy atom. The summed E-state index contributed by atoms with van der Waals surface area (Å²) in [5, 5.41) is 13.9. The molecule has 5 N–H and O–H groups in total. The van der Waals surface area contributed by atoms with E-state index in [1.165, 1.54) is 6.42 Å². The largest absolute Gasteiger partial charge is 0.480 e. The molecule has 0 spiro atoms. The predicted molar refractivity (Wildman–Crippen MR) is 83.2 cm³/mol. The van der Waals surface area contributed by atoms with Crippen molar-refractivity contribution in [2.24, 2.45) is 5.73 Å². The van der Waals surface area contributed by atoms with Crippen LogP contribution in [0.4, 0.5) is 4.79 Å². The van der Waals surface area contributed by atoms with Crippen LogP contribution in [0, 0.1) is 0 Å². The third kappa shape index (κ3) is 12.0. The second-order valence-corrected chi connectivity index (χ2v) is 5.69. The first kappa shape index (κ1) is 19.6. The monoisotopic (exact) mass is 319 g/mol. The lowest BCUT2D eigenvalue weighted by Gasteiger charge is -2.14. The molecule has 0 aliphatic carbocycles. The van der Waals surface area contributed by atoms with E-state index in [0.29, 0.717) is 6.54 Å². The normalized spacial score (nSPS) is 11.7. The summed E-state index contributed by atoms with van der Waals surface area (Å²) in [4.78, 5) is 33.1. The fraction of sp³-hybridized carbons (Fsp3) is 0.769. The van der Waals surface area contributed by atoms with Crippen molar-refractivity contribution < 1.29 is 19.5 Å². The molecule has 21 heavy (non-hydrogen) atoms. The Kier molecular flexibility index (Phi) is 11.5. The second kappa shape index (κ2) is 12.3. The van der Waals surface area contributed by atoms with E-state index in [0.717, 1.165) is 25.0 Å². The molecule has 0 heterocycles. The first-order valence-electron chi connectivity index (χ1n) is 7.01. The van der Waals surface area contributed by atoms with E-state index in [1.807, 2.05) is 11.8 Å². The van der Waals surface area contributed by atoms with E-state index in [4.69, 9.17) is 10.8 Å². The average molecular weight is 319 g/mol. The lowest BCUT2D eigenvalue weighted by molar-refractivity contribution is -0.139. The molecule has 0 aliphatic heterocycles. The molecule has 3 amide bonds. The number of carbonyl (C=O) groups is 3. The van der Waals surface area contributed by atoms with Crippen LogP contribution >= 0.6 is 11.8 Å². The van der Waals surface area contributed by atoms with E-state index in [-0.39, 0.29) is 12.8 Å². The highest BCUT2D eigenvalue weighted by Gasteiger charge is 2.20. The van der Waals surface area contributed by atoms with Gasteiger partial charge in [-0.2, -0.15) is 11.8 Å². The molecule has 0 fully saturated rings. The Morgan fingerprint density at radius 2 is 1.86 bits per heavy atom. The standard InChI is InChI=1S/C13H25N3O4S/c1-21-9-5-3-2-4-8-15-13(20)16-10(12(18)19)6-7-11(14)17/h10H,2-9H2,1H3,(H2,14,17)(H,18,19)(H2,15,16,20)/t10-/m0/s1. The Bertz CT molecular complexity index is 339. The summed E-state index contributed by atoms with van der Waals surface area (Å²) >= 11 is 1.82. The Hall–Kier alpha value is -1.44. The Labute approximate surface area is 129 Å². The molecule has 1 atom stereocenters. The molecule has 7 nitrogen and oxygen atoms in total. The van der Waals surface area contributed by atoms with Crippen LogP contribution in [0.15, 0.2) is 0 Å². The zero-order chi connectivity index (χ0) is 16.1. The van der Waals surface area contributed by atoms with Crippen LogP contribution in [0.2, 0.25) is 0 Å². The summed E-state index contributed by atoms with van der Waals surface area (Å²) < 4.78 is 0. The number of nitrogens with one attached hydrogen (secondary N) is 2. The lowest BCUT2D eigenvalue weighted by Crippen LogP contribution is -2.46. The second-order valence-electron chi connectivity index (χ2n) is 4.70. The van der Waals surface area contributed by atoms with Crippen LogP contribution in [0.25, 0.3) is 0 Å². The maximum absolute atomic E-state index is 11.5. The molecule has 122 valence electrons. The highest BCUT2D eigenvalue weighted by atomic mass is 32.2. The summed E-state index contributed by atoms with van der Waals surface area (Å²) in [6, 6.07) is -1.63. The number of nitrogens with two attached hydrogens (primary N) is 1. The summed E-state index contributed by atoms with van der Waals surface area (Å²) in [7, 11) is 0. The average Bonchev–Trinajstić information content (AvgIpc) is 2.41. The molecule has 0 aromatic rings. The van der Waals surface area contributed by atoms with Crippen molar-refractivity contribution in [2.75, 3.05) is 18.6 Å². The van der Waals surface area contributed by atoms with Gasteiger partial charge in [0.2, 0.25) is 5.91 Å². The maximum Gasteiger partial charge on any atom is 0.326 e. The van der Waals surface area contributed by atoms with E-state index in [9.17, 15) is 14.4 Å². The van der Waals surface area contributed by atoms with E-state index < -0.39 is 23.9 Å². The van der Waals surface area contributed by atoms with Gasteiger partial charge in [-0.3, -0.25) is 4.79 Å². The minimum absolute atomic E-state index is 0.00717. The number of urea groups is 1. The molecule has 8 heteroatoms. The summed E-state index contributed by atoms with van der Waals surface area (Å²) in [5.74, 6) is -0.620. The zero-order valence-electron chi connectivity index (χ0n) is 12.4. The number of hydrogen-bond donors (Lipinski definition) is 4. The Balaban J connectivity index is 3.78. The molecule has 0 aliphatic rings. The third-order valence-electron chi connectivity index (χ3n) is 2.84. The van der Waals surface area contributed by atoms with Gasteiger partial charge in [0.1, 0.15) is 6.04 Å². The third-order valence-corrected chi connectivity index (χ3v) is 3.54. The molecular formula is C13H25N3O4S. The number of unbranched alkanes of at least 4 members (excludes halogenated alkanes) is 3. The van der Waals surface area contributed by atoms with Gasteiger partial charge in [0.25, 0.3) is 0 Å². The van der Waals surface area contributed by atoms with E-state index >= 15 is 0 Å². The molecular weight excluding hydrogens is 294 g/mol. The van der Waals surface area contributed by atoms with Gasteiger partial charge >= 0.3 is 12.0 Å². The highest BCUT2D eigenvalue weighted by molar-refractivity contribution is 7.98. The van der Waals surface area contributed by atoms with Crippen molar-refractivity contribution in [2.45, 2.75) is 44.6 Å². The molecule has 0 aromatic carbocycles. The van der Waals surface area contributed by atoms with Crippen molar-refractivity contribution >= 4 is 29.7 Å². The molecule has 0 radical (unpaired) electrons. The SMILES string of the molecule is CSCCCCCCNC(=O)N[C@@H](CCC(N)=O)C(=O)O. The molecule has 0 saturated carbocycles. The van der Waals surface area contributed by atoms with Crippen LogP contribution in [0.3, 0.4) is 0 Å². The molecule has 0 rings (SSSR count). The fourth-order valence-corrected chi connectivity index (χ4v) is 2.17. The van der Waals surface area contributed by atoms with Crippen molar-refractivity contribution in [3.63, 3.8) is 0 Å². The maximum atomic E-state index is 11.5. The number of thioether (sulfide) groups is 1. The lowest BCUT2D eigenvalue weighted by atomic mass is 10.1. The van der Waals surface area contributed by atoms with E-state index in [1.54, 1.807) is 0 Å². The van der Waals surface area contributed by atoms with Crippen LogP contribution in [0.1, 0.15) is 38.5 Å². The van der Waals surface area contributed by atoms with Crippen LogP contribution in [-0.4, -0.2) is 47.6 Å². The Morgan fingerprint density at radius 1 is 1.19 bits per heavy atom. The predicted octanol–water partition coefficient (Wildman–Crippen LogP) is 0.928. The number of primary amides is 1. The molecule has 0 unspecified atom stereocenters. The number of carbonyl (C=O) groups excluding carboxylic acids is 2. The number of rotatable bonds is 12. The zero-order valence-corrected chi connectivity index (χ0v) is 13.2. The number of carboxylic acids is 1. The highest BCUT2D eigenvalue weighted by Crippen LogP contribution is 2.04. The van der Waals surface area contributed by atoms with Crippen molar-refractivity contribution in [1.82, 2.24) is 10.6 Å². The van der Waals surface area contributed by atoms with Crippen molar-refractivity contribution in [1.29, 1.82) is 0 Å². The van der Waals surface area contributed by atoms with Crippen LogP contribution < -0.4 is 16.4 Å². The molecule has 0 bridgehead atoms. The minimum atomic E-state index is -1.18. The number of carboxylic acid groups (broad SMARTS) is 1. The first-order valence-corrected chi connectivity index (χ1v) is 8.41. The minimum Gasteiger partial charge on any atom is -0.480 e. The first-order chi connectivity index (χ1) is 9.97. The quantitative estimate of drug-likeness (QED) is 0.399. The van der Waals surface area contributed by atoms with Crippen molar-refractivity contribution in [3.05, 3.63) is 0 Å². The van der Waals surface area contributed by atoms with E-state index in [2.05, 4.69) is 16.9 Å². The van der Waals surface area contributed by atoms with Crippen LogP contribution in [0.5, 0.6) is 0 Å². The van der Waals surface area contributed by atoms with Crippen LogP contribution in [-0.2, 0) is 9.59 Å².